The number of ketones is 1. The Kier molecular flexibility index (Phi) is 3.56. The smallest absolute Gasteiger partial charge is 0.221 e. The summed E-state index contributed by atoms with van der Waals surface area (Å²) in [6.45, 7) is 1.42. The zero-order valence-electron chi connectivity index (χ0n) is 10.2. The fraction of sp³-hybridized carbons (Fsp3) is 0.167. The molecule has 1 heterocycles. The predicted octanol–water partition coefficient (Wildman–Crippen LogP) is 1.04. The normalized spacial score (nSPS) is 10.2. The van der Waals surface area contributed by atoms with E-state index in [0.29, 0.717) is 16.9 Å². The lowest BCUT2D eigenvalue weighted by Crippen LogP contribution is -2.08. The maximum Gasteiger partial charge on any atom is 0.221 e. The summed E-state index contributed by atoms with van der Waals surface area (Å²) in [4.78, 5) is 22.8. The summed E-state index contributed by atoms with van der Waals surface area (Å²) in [5.41, 5.74) is 6.92. The van der Waals surface area contributed by atoms with Crippen LogP contribution in [-0.4, -0.2) is 22.0 Å². The highest BCUT2D eigenvalue weighted by Crippen LogP contribution is 2.13. The number of anilines is 2. The van der Waals surface area contributed by atoms with Crippen LogP contribution in [0.2, 0.25) is 0 Å². The maximum absolute atomic E-state index is 11.9. The molecule has 0 saturated carbocycles. The molecule has 0 atom stereocenters. The van der Waals surface area contributed by atoms with Crippen LogP contribution in [0.1, 0.15) is 23.0 Å². The minimum Gasteiger partial charge on any atom is -0.379 e. The van der Waals surface area contributed by atoms with E-state index >= 15 is 0 Å². The standard InChI is InChI=1S/C12H12N4O3/c1-7(17)14-9-4-2-8(3-5-9)11(18)6-10-12(13)16-19-15-10/h2-5H,6H2,1H3,(H2,13,16)(H,14,17). The lowest BCUT2D eigenvalue weighted by atomic mass is 10.1. The molecule has 0 fully saturated rings. The molecule has 1 aromatic carbocycles. The van der Waals surface area contributed by atoms with Crippen LogP contribution in [0.3, 0.4) is 0 Å². The minimum absolute atomic E-state index is 0.0226. The highest BCUT2D eigenvalue weighted by Gasteiger charge is 2.13. The van der Waals surface area contributed by atoms with Crippen molar-refractivity contribution in [1.29, 1.82) is 0 Å². The Hall–Kier alpha value is -2.70. The molecule has 19 heavy (non-hydrogen) atoms. The number of hydrogen-bond acceptors (Lipinski definition) is 6. The minimum atomic E-state index is -0.166. The molecule has 3 N–H and O–H groups in total. The number of nitrogens with zero attached hydrogens (tertiary/aromatic N) is 2. The molecule has 98 valence electrons. The third kappa shape index (κ3) is 3.15. The summed E-state index contributed by atoms with van der Waals surface area (Å²) in [6.07, 6.45) is 0.0226. The van der Waals surface area contributed by atoms with Gasteiger partial charge in [0.1, 0.15) is 5.69 Å². The quantitative estimate of drug-likeness (QED) is 0.794. The van der Waals surface area contributed by atoms with Gasteiger partial charge in [0, 0.05) is 18.2 Å². The van der Waals surface area contributed by atoms with Gasteiger partial charge in [-0.2, -0.15) is 0 Å². The van der Waals surface area contributed by atoms with Crippen LogP contribution in [0.5, 0.6) is 0 Å². The van der Waals surface area contributed by atoms with E-state index in [1.54, 1.807) is 24.3 Å². The number of benzene rings is 1. The molecule has 7 heteroatoms. The molecule has 0 saturated heterocycles. The average Bonchev–Trinajstić information content (AvgIpc) is 2.75. The van der Waals surface area contributed by atoms with Crippen molar-refractivity contribution >= 4 is 23.2 Å². The van der Waals surface area contributed by atoms with Crippen molar-refractivity contribution in [2.24, 2.45) is 0 Å². The van der Waals surface area contributed by atoms with Gasteiger partial charge in [-0.15, -0.1) is 0 Å². The van der Waals surface area contributed by atoms with Gasteiger partial charge in [-0.05, 0) is 29.4 Å². The monoisotopic (exact) mass is 260 g/mol. The highest BCUT2D eigenvalue weighted by atomic mass is 16.6. The van der Waals surface area contributed by atoms with E-state index in [-0.39, 0.29) is 23.9 Å². The Labute approximate surface area is 108 Å². The molecule has 0 aliphatic rings. The molecule has 0 aliphatic carbocycles. The first-order valence-electron chi connectivity index (χ1n) is 5.54. The summed E-state index contributed by atoms with van der Waals surface area (Å²) in [7, 11) is 0. The van der Waals surface area contributed by atoms with Gasteiger partial charge in [0.25, 0.3) is 0 Å². The van der Waals surface area contributed by atoms with E-state index in [1.807, 2.05) is 0 Å². The number of rotatable bonds is 4. The third-order valence-corrected chi connectivity index (χ3v) is 2.44. The van der Waals surface area contributed by atoms with Gasteiger partial charge >= 0.3 is 0 Å². The Bertz CT molecular complexity index is 604. The molecule has 1 aromatic heterocycles. The first kappa shape index (κ1) is 12.7. The molecule has 0 unspecified atom stereocenters. The molecule has 0 aliphatic heterocycles. The molecule has 2 aromatic rings. The van der Waals surface area contributed by atoms with Crippen LogP contribution >= 0.6 is 0 Å². The fourth-order valence-electron chi connectivity index (χ4n) is 1.53. The topological polar surface area (TPSA) is 111 Å². The van der Waals surface area contributed by atoms with Crippen LogP contribution in [0, 0.1) is 0 Å². The van der Waals surface area contributed by atoms with Crippen molar-refractivity contribution in [2.45, 2.75) is 13.3 Å². The van der Waals surface area contributed by atoms with Gasteiger partial charge in [0.15, 0.2) is 11.6 Å². The van der Waals surface area contributed by atoms with Crippen LogP contribution in [0.4, 0.5) is 11.5 Å². The van der Waals surface area contributed by atoms with Crippen LogP contribution in [0.25, 0.3) is 0 Å². The van der Waals surface area contributed by atoms with Crippen LogP contribution in [-0.2, 0) is 11.2 Å². The van der Waals surface area contributed by atoms with E-state index in [2.05, 4.69) is 20.3 Å². The predicted molar refractivity (Wildman–Crippen MR) is 67.5 cm³/mol. The number of Topliss-reactive ketones (excluding diaryl/α,β-unsaturated/α-hetero) is 1. The van der Waals surface area contributed by atoms with Crippen LogP contribution in [0.15, 0.2) is 28.9 Å². The second-order valence-corrected chi connectivity index (χ2v) is 3.95. The molecular weight excluding hydrogens is 248 g/mol. The van der Waals surface area contributed by atoms with Crippen molar-refractivity contribution in [3.63, 3.8) is 0 Å². The van der Waals surface area contributed by atoms with Crippen molar-refractivity contribution in [3.05, 3.63) is 35.5 Å². The molecular formula is C12H12N4O3. The van der Waals surface area contributed by atoms with Gasteiger partial charge in [-0.1, -0.05) is 5.16 Å². The Balaban J connectivity index is 2.07. The van der Waals surface area contributed by atoms with Gasteiger partial charge in [0.05, 0.1) is 6.42 Å². The molecule has 7 nitrogen and oxygen atoms in total. The van der Waals surface area contributed by atoms with Crippen LogP contribution < -0.4 is 11.1 Å². The third-order valence-electron chi connectivity index (χ3n) is 2.44. The lowest BCUT2D eigenvalue weighted by molar-refractivity contribution is -0.114. The number of nitrogens with one attached hydrogen (secondary N) is 1. The van der Waals surface area contributed by atoms with Gasteiger partial charge in [-0.25, -0.2) is 4.63 Å². The van der Waals surface area contributed by atoms with E-state index < -0.39 is 0 Å². The number of nitrogen functional groups attached to an aromatic ring is 1. The summed E-state index contributed by atoms with van der Waals surface area (Å²) in [6, 6.07) is 6.55. The Morgan fingerprint density at radius 3 is 2.47 bits per heavy atom. The average molecular weight is 260 g/mol. The van der Waals surface area contributed by atoms with Gasteiger partial charge in [0.2, 0.25) is 5.91 Å². The second-order valence-electron chi connectivity index (χ2n) is 3.95. The second kappa shape index (κ2) is 5.30. The number of nitrogens with two attached hydrogens (primary N) is 1. The SMILES string of the molecule is CC(=O)Nc1ccc(C(=O)Cc2nonc2N)cc1. The van der Waals surface area contributed by atoms with E-state index in [1.165, 1.54) is 6.92 Å². The first-order chi connectivity index (χ1) is 9.06. The van der Waals surface area contributed by atoms with E-state index in [9.17, 15) is 9.59 Å². The largest absolute Gasteiger partial charge is 0.379 e. The van der Waals surface area contributed by atoms with Gasteiger partial charge < -0.3 is 11.1 Å². The van der Waals surface area contributed by atoms with E-state index in [4.69, 9.17) is 5.73 Å². The summed E-state index contributed by atoms with van der Waals surface area (Å²) in [5.74, 6) is -0.208. The van der Waals surface area contributed by atoms with Gasteiger partial charge in [-0.3, -0.25) is 9.59 Å². The molecule has 0 radical (unpaired) electrons. The molecule has 0 spiro atoms. The summed E-state index contributed by atoms with van der Waals surface area (Å²) >= 11 is 0. The van der Waals surface area contributed by atoms with Crippen molar-refractivity contribution < 1.29 is 14.2 Å². The number of hydrogen-bond donors (Lipinski definition) is 2. The summed E-state index contributed by atoms with van der Waals surface area (Å²) < 4.78 is 4.42. The zero-order chi connectivity index (χ0) is 13.8. The number of carbonyl (C=O) groups excluding carboxylic acids is 2. The molecule has 2 rings (SSSR count). The number of amides is 1. The number of aromatic nitrogens is 2. The fourth-order valence-corrected chi connectivity index (χ4v) is 1.53. The first-order valence-corrected chi connectivity index (χ1v) is 5.54. The lowest BCUT2D eigenvalue weighted by Gasteiger charge is -2.03. The molecule has 1 amide bonds. The van der Waals surface area contributed by atoms with Crippen molar-refractivity contribution in [1.82, 2.24) is 10.3 Å². The van der Waals surface area contributed by atoms with E-state index in [0.717, 1.165) is 0 Å². The number of carbonyl (C=O) groups is 2. The van der Waals surface area contributed by atoms with Crippen molar-refractivity contribution in [3.8, 4) is 0 Å². The highest BCUT2D eigenvalue weighted by molar-refractivity contribution is 5.98. The van der Waals surface area contributed by atoms with Crippen molar-refractivity contribution in [2.75, 3.05) is 11.1 Å². The summed E-state index contributed by atoms with van der Waals surface area (Å²) in [5, 5.41) is 9.57. The maximum atomic E-state index is 11.9. The molecule has 0 bridgehead atoms. The Morgan fingerprint density at radius 1 is 1.26 bits per heavy atom. The zero-order valence-corrected chi connectivity index (χ0v) is 10.2. The Morgan fingerprint density at radius 2 is 1.95 bits per heavy atom.